The molecular formula is C20H23F4N3O4. The molecule has 1 aromatic carbocycles. The first-order chi connectivity index (χ1) is 14.2. The van der Waals surface area contributed by atoms with Crippen molar-refractivity contribution < 1.29 is 31.8 Å². The van der Waals surface area contributed by atoms with Gasteiger partial charge in [0.15, 0.2) is 6.10 Å². The Labute approximate surface area is 175 Å². The zero-order valence-electron chi connectivity index (χ0n) is 17.7. The van der Waals surface area contributed by atoms with Gasteiger partial charge in [-0.25, -0.2) is 14.0 Å². The Morgan fingerprint density at radius 3 is 2.35 bits per heavy atom. The van der Waals surface area contributed by atoms with E-state index in [-0.39, 0.29) is 5.92 Å². The molecule has 0 spiro atoms. The van der Waals surface area contributed by atoms with Gasteiger partial charge in [0, 0.05) is 19.0 Å². The molecule has 1 fully saturated rings. The lowest BCUT2D eigenvalue weighted by atomic mass is 10.1. The van der Waals surface area contributed by atoms with Crippen molar-refractivity contribution in [3.63, 3.8) is 0 Å². The summed E-state index contributed by atoms with van der Waals surface area (Å²) in [5.41, 5.74) is -2.60. The molecule has 31 heavy (non-hydrogen) atoms. The van der Waals surface area contributed by atoms with Crippen LogP contribution in [-0.2, 0) is 11.8 Å². The van der Waals surface area contributed by atoms with Crippen molar-refractivity contribution in [3.05, 3.63) is 39.8 Å². The van der Waals surface area contributed by atoms with E-state index in [1.165, 1.54) is 11.6 Å². The number of esters is 1. The molecular weight excluding hydrogens is 422 g/mol. The molecule has 2 aromatic rings. The summed E-state index contributed by atoms with van der Waals surface area (Å²) in [4.78, 5) is 25.1. The second-order valence-electron chi connectivity index (χ2n) is 8.49. The predicted octanol–water partition coefficient (Wildman–Crippen LogP) is 3.87. The summed E-state index contributed by atoms with van der Waals surface area (Å²) in [6.45, 7) is 5.42. The largest absolute Gasteiger partial charge is 0.480 e. The predicted molar refractivity (Wildman–Crippen MR) is 102 cm³/mol. The minimum atomic E-state index is -4.74. The van der Waals surface area contributed by atoms with Crippen LogP contribution in [0.3, 0.4) is 0 Å². The van der Waals surface area contributed by atoms with Gasteiger partial charge in [0.25, 0.3) is 0 Å². The van der Waals surface area contributed by atoms with Crippen molar-refractivity contribution in [1.82, 2.24) is 14.3 Å². The lowest BCUT2D eigenvalue weighted by Crippen LogP contribution is -2.32. The Kier molecular flexibility index (Phi) is 5.66. The SMILES string of the molecule is C[C@H](Oc1cc(-n2nc(C3CC3)n(C)c2=O)c(F)cc1C(=O)OC(C)(C)C)C(F)(F)F. The van der Waals surface area contributed by atoms with Crippen LogP contribution in [0, 0.1) is 5.82 Å². The summed E-state index contributed by atoms with van der Waals surface area (Å²) in [7, 11) is 1.48. The van der Waals surface area contributed by atoms with Gasteiger partial charge in [-0.3, -0.25) is 4.57 Å². The summed E-state index contributed by atoms with van der Waals surface area (Å²) in [5.74, 6) is -2.14. The van der Waals surface area contributed by atoms with Crippen LogP contribution in [0.4, 0.5) is 17.6 Å². The number of nitrogens with zero attached hydrogens (tertiary/aromatic N) is 3. The molecule has 1 aliphatic carbocycles. The second-order valence-corrected chi connectivity index (χ2v) is 8.49. The monoisotopic (exact) mass is 445 g/mol. The zero-order chi connectivity index (χ0) is 23.3. The molecule has 1 aliphatic rings. The van der Waals surface area contributed by atoms with Gasteiger partial charge in [-0.1, -0.05) is 0 Å². The van der Waals surface area contributed by atoms with Crippen LogP contribution in [-0.4, -0.2) is 38.2 Å². The van der Waals surface area contributed by atoms with Crippen molar-refractivity contribution in [3.8, 4) is 11.4 Å². The lowest BCUT2D eigenvalue weighted by molar-refractivity contribution is -0.189. The fraction of sp³-hybridized carbons (Fsp3) is 0.550. The van der Waals surface area contributed by atoms with E-state index in [1.807, 2.05) is 0 Å². The quantitative estimate of drug-likeness (QED) is 0.516. The number of carbonyl (C=O) groups is 1. The minimum absolute atomic E-state index is 0.0732. The van der Waals surface area contributed by atoms with Crippen LogP contribution in [0.5, 0.6) is 5.75 Å². The highest BCUT2D eigenvalue weighted by molar-refractivity contribution is 5.93. The van der Waals surface area contributed by atoms with Gasteiger partial charge < -0.3 is 9.47 Å². The van der Waals surface area contributed by atoms with Gasteiger partial charge in [0.2, 0.25) is 0 Å². The van der Waals surface area contributed by atoms with Crippen LogP contribution in [0.25, 0.3) is 5.69 Å². The molecule has 7 nitrogen and oxygen atoms in total. The normalized spacial score (nSPS) is 15.6. The number of benzene rings is 1. The molecule has 0 aliphatic heterocycles. The molecule has 0 radical (unpaired) electrons. The van der Waals surface area contributed by atoms with E-state index >= 15 is 0 Å². The van der Waals surface area contributed by atoms with E-state index in [1.54, 1.807) is 20.8 Å². The van der Waals surface area contributed by atoms with E-state index in [0.29, 0.717) is 11.9 Å². The number of ether oxygens (including phenoxy) is 2. The molecule has 0 amide bonds. The molecule has 11 heteroatoms. The van der Waals surface area contributed by atoms with Gasteiger partial charge >= 0.3 is 17.8 Å². The number of carbonyl (C=O) groups excluding carboxylic acids is 1. The maximum atomic E-state index is 14.9. The highest BCUT2D eigenvalue weighted by atomic mass is 19.4. The second kappa shape index (κ2) is 7.69. The number of hydrogen-bond acceptors (Lipinski definition) is 5. The minimum Gasteiger partial charge on any atom is -0.480 e. The van der Waals surface area contributed by atoms with Gasteiger partial charge in [0.1, 0.15) is 34.2 Å². The molecule has 1 saturated carbocycles. The number of aromatic nitrogens is 3. The molecule has 0 N–H and O–H groups in total. The molecule has 1 atom stereocenters. The number of alkyl halides is 3. The van der Waals surface area contributed by atoms with E-state index in [9.17, 15) is 27.2 Å². The van der Waals surface area contributed by atoms with E-state index in [2.05, 4.69) is 5.10 Å². The van der Waals surface area contributed by atoms with Crippen LogP contribution in [0.1, 0.15) is 62.6 Å². The van der Waals surface area contributed by atoms with Gasteiger partial charge in [-0.15, -0.1) is 5.10 Å². The topological polar surface area (TPSA) is 75.4 Å². The number of hydrogen-bond donors (Lipinski definition) is 0. The third-order valence-electron chi connectivity index (χ3n) is 4.62. The molecule has 170 valence electrons. The standard InChI is InChI=1S/C20H23F4N3O4/c1-10(20(22,23)24)30-15-9-14(13(21)8-12(15)17(28)31-19(2,3)4)27-18(29)26(5)16(25-27)11-6-7-11/h8-11H,6-7H2,1-5H3/t10-/m0/s1. The maximum absolute atomic E-state index is 14.9. The number of halogens is 4. The maximum Gasteiger partial charge on any atom is 0.425 e. The highest BCUT2D eigenvalue weighted by Crippen LogP contribution is 2.38. The Balaban J connectivity index is 2.12. The Bertz CT molecular complexity index is 1060. The Morgan fingerprint density at radius 1 is 1.23 bits per heavy atom. The Hall–Kier alpha value is -2.85. The average Bonchev–Trinajstić information content (AvgIpc) is 3.41. The van der Waals surface area contributed by atoms with E-state index < -0.39 is 52.4 Å². The summed E-state index contributed by atoms with van der Waals surface area (Å²) in [6.07, 6.45) is -5.36. The molecule has 1 aromatic heterocycles. The molecule has 0 saturated heterocycles. The molecule has 1 heterocycles. The molecule has 0 bridgehead atoms. The average molecular weight is 445 g/mol. The van der Waals surface area contributed by atoms with E-state index in [0.717, 1.165) is 30.5 Å². The first-order valence-electron chi connectivity index (χ1n) is 9.65. The fourth-order valence-corrected chi connectivity index (χ4v) is 2.86. The van der Waals surface area contributed by atoms with Gasteiger partial charge in [-0.2, -0.15) is 17.9 Å². The van der Waals surface area contributed by atoms with Crippen LogP contribution in [0.15, 0.2) is 16.9 Å². The fourth-order valence-electron chi connectivity index (χ4n) is 2.86. The Morgan fingerprint density at radius 2 is 1.84 bits per heavy atom. The van der Waals surface area contributed by atoms with Crippen LogP contribution >= 0.6 is 0 Å². The van der Waals surface area contributed by atoms with Crippen molar-refractivity contribution in [2.75, 3.05) is 0 Å². The third-order valence-corrected chi connectivity index (χ3v) is 4.62. The first-order valence-corrected chi connectivity index (χ1v) is 9.65. The highest BCUT2D eigenvalue weighted by Gasteiger charge is 2.39. The molecule has 0 unspecified atom stereocenters. The zero-order valence-corrected chi connectivity index (χ0v) is 17.7. The van der Waals surface area contributed by atoms with Crippen LogP contribution < -0.4 is 10.4 Å². The first kappa shape index (κ1) is 22.8. The summed E-state index contributed by atoms with van der Waals surface area (Å²) in [5, 5.41) is 4.14. The molecule has 3 rings (SSSR count). The summed E-state index contributed by atoms with van der Waals surface area (Å²) in [6, 6.07) is 1.56. The van der Waals surface area contributed by atoms with Gasteiger partial charge in [-0.05, 0) is 46.6 Å². The van der Waals surface area contributed by atoms with Crippen molar-refractivity contribution >= 4 is 5.97 Å². The summed E-state index contributed by atoms with van der Waals surface area (Å²) >= 11 is 0. The van der Waals surface area contributed by atoms with Crippen molar-refractivity contribution in [1.29, 1.82) is 0 Å². The van der Waals surface area contributed by atoms with Crippen molar-refractivity contribution in [2.45, 2.75) is 64.3 Å². The third kappa shape index (κ3) is 4.91. The van der Waals surface area contributed by atoms with Crippen molar-refractivity contribution in [2.24, 2.45) is 7.05 Å². The van der Waals surface area contributed by atoms with E-state index in [4.69, 9.17) is 9.47 Å². The lowest BCUT2D eigenvalue weighted by Gasteiger charge is -2.23. The van der Waals surface area contributed by atoms with Crippen LogP contribution in [0.2, 0.25) is 0 Å². The smallest absolute Gasteiger partial charge is 0.425 e. The summed E-state index contributed by atoms with van der Waals surface area (Å²) < 4.78 is 66.3. The van der Waals surface area contributed by atoms with Gasteiger partial charge in [0.05, 0.1) is 0 Å². The number of rotatable bonds is 5.